The maximum absolute atomic E-state index is 13.5. The van der Waals surface area contributed by atoms with Gasteiger partial charge >= 0.3 is 0 Å². The molecule has 0 fully saturated rings. The fourth-order valence-electron chi connectivity index (χ4n) is 2.33. The Labute approximate surface area is 135 Å². The first-order valence-electron chi connectivity index (χ1n) is 7.61. The third-order valence-electron chi connectivity index (χ3n) is 3.76. The second-order valence-electron chi connectivity index (χ2n) is 5.66. The Morgan fingerprint density at radius 1 is 1.39 bits per heavy atom. The summed E-state index contributed by atoms with van der Waals surface area (Å²) in [5.74, 6) is 0.882. The summed E-state index contributed by atoms with van der Waals surface area (Å²) in [6.45, 7) is 7.24. The molecule has 1 heterocycles. The van der Waals surface area contributed by atoms with Crippen molar-refractivity contribution in [3.05, 3.63) is 35.5 Å². The number of benzene rings is 1. The van der Waals surface area contributed by atoms with Crippen LogP contribution in [0, 0.1) is 12.7 Å². The van der Waals surface area contributed by atoms with E-state index in [9.17, 15) is 4.39 Å². The first-order chi connectivity index (χ1) is 11.0. The molecule has 1 aromatic heterocycles. The van der Waals surface area contributed by atoms with Crippen LogP contribution >= 0.6 is 0 Å². The van der Waals surface area contributed by atoms with E-state index in [1.165, 1.54) is 13.2 Å². The van der Waals surface area contributed by atoms with Crippen LogP contribution in [-0.2, 0) is 6.54 Å². The average molecular weight is 322 g/mol. The van der Waals surface area contributed by atoms with Gasteiger partial charge in [0.15, 0.2) is 11.6 Å². The molecule has 0 spiro atoms. The zero-order valence-electron chi connectivity index (χ0n) is 14.0. The van der Waals surface area contributed by atoms with E-state index < -0.39 is 5.82 Å². The summed E-state index contributed by atoms with van der Waals surface area (Å²) >= 11 is 0. The Balaban J connectivity index is 2.27. The predicted octanol–water partition coefficient (Wildman–Crippen LogP) is 3.00. The second-order valence-corrected chi connectivity index (χ2v) is 5.66. The van der Waals surface area contributed by atoms with Gasteiger partial charge in [0.1, 0.15) is 5.76 Å². The molecule has 0 aliphatic heterocycles. The van der Waals surface area contributed by atoms with Crippen molar-refractivity contribution in [2.24, 2.45) is 0 Å². The van der Waals surface area contributed by atoms with Crippen molar-refractivity contribution in [3.63, 3.8) is 0 Å². The minimum Gasteiger partial charge on any atom is -0.494 e. The first-order valence-corrected chi connectivity index (χ1v) is 7.61. The summed E-state index contributed by atoms with van der Waals surface area (Å²) < 4.78 is 24.2. The molecule has 6 heteroatoms. The van der Waals surface area contributed by atoms with Crippen molar-refractivity contribution in [2.45, 2.75) is 33.4 Å². The number of nitrogens with zero attached hydrogens (tertiary/aromatic N) is 2. The van der Waals surface area contributed by atoms with Crippen molar-refractivity contribution >= 4 is 0 Å². The lowest BCUT2D eigenvalue weighted by Gasteiger charge is -2.24. The Morgan fingerprint density at radius 2 is 2.13 bits per heavy atom. The van der Waals surface area contributed by atoms with E-state index in [-0.39, 0.29) is 18.4 Å². The van der Waals surface area contributed by atoms with Gasteiger partial charge in [0.2, 0.25) is 5.89 Å². The van der Waals surface area contributed by atoms with Crippen molar-refractivity contribution in [2.75, 3.05) is 20.3 Å². The molecule has 0 amide bonds. The number of aliphatic hydroxyl groups excluding tert-OH is 1. The minimum atomic E-state index is -0.423. The smallest absolute Gasteiger partial charge is 0.226 e. The monoisotopic (exact) mass is 322 g/mol. The lowest BCUT2D eigenvalue weighted by molar-refractivity contribution is 0.157. The number of oxazole rings is 1. The van der Waals surface area contributed by atoms with Gasteiger partial charge in [-0.2, -0.15) is 0 Å². The first kappa shape index (κ1) is 17.4. The van der Waals surface area contributed by atoms with Crippen molar-refractivity contribution < 1.29 is 18.7 Å². The van der Waals surface area contributed by atoms with Crippen LogP contribution in [0.15, 0.2) is 22.6 Å². The maximum atomic E-state index is 13.5. The highest BCUT2D eigenvalue weighted by molar-refractivity contribution is 5.56. The standard InChI is InChI=1S/C17H23FN2O3/c1-11(2)20(7-8-21)10-15-12(3)23-17(19-15)13-5-6-14(18)16(9-13)22-4/h5-6,9,11,21H,7-8,10H2,1-4H3. The van der Waals surface area contributed by atoms with Gasteiger partial charge in [0.25, 0.3) is 0 Å². The topological polar surface area (TPSA) is 58.7 Å². The van der Waals surface area contributed by atoms with Gasteiger partial charge in [-0.05, 0) is 39.0 Å². The molecule has 0 radical (unpaired) electrons. The molecular formula is C17H23FN2O3. The summed E-state index contributed by atoms with van der Waals surface area (Å²) in [5.41, 5.74) is 1.47. The summed E-state index contributed by atoms with van der Waals surface area (Å²) in [6, 6.07) is 4.80. The van der Waals surface area contributed by atoms with Crippen molar-refractivity contribution in [1.29, 1.82) is 0 Å². The van der Waals surface area contributed by atoms with Crippen LogP contribution in [0.25, 0.3) is 11.5 Å². The molecule has 0 aliphatic rings. The lowest BCUT2D eigenvalue weighted by Crippen LogP contribution is -2.33. The van der Waals surface area contributed by atoms with Gasteiger partial charge in [0.05, 0.1) is 19.4 Å². The molecular weight excluding hydrogens is 299 g/mol. The van der Waals surface area contributed by atoms with Gasteiger partial charge < -0.3 is 14.3 Å². The molecule has 126 valence electrons. The molecule has 1 aromatic carbocycles. The number of aromatic nitrogens is 1. The maximum Gasteiger partial charge on any atom is 0.226 e. The van der Waals surface area contributed by atoms with Gasteiger partial charge in [-0.3, -0.25) is 4.90 Å². The summed E-state index contributed by atoms with van der Waals surface area (Å²) in [7, 11) is 1.42. The van der Waals surface area contributed by atoms with E-state index >= 15 is 0 Å². The van der Waals surface area contributed by atoms with Gasteiger partial charge in [-0.25, -0.2) is 9.37 Å². The van der Waals surface area contributed by atoms with Gasteiger partial charge in [-0.1, -0.05) is 0 Å². The van der Waals surface area contributed by atoms with Crippen LogP contribution in [0.4, 0.5) is 4.39 Å². The number of hydrogen-bond donors (Lipinski definition) is 1. The third-order valence-corrected chi connectivity index (χ3v) is 3.76. The van der Waals surface area contributed by atoms with Crippen molar-refractivity contribution in [3.8, 4) is 17.2 Å². The van der Waals surface area contributed by atoms with Crippen molar-refractivity contribution in [1.82, 2.24) is 9.88 Å². The van der Waals surface area contributed by atoms with E-state index in [0.717, 1.165) is 5.69 Å². The molecule has 5 nitrogen and oxygen atoms in total. The van der Waals surface area contributed by atoms with Gasteiger partial charge in [0, 0.05) is 24.7 Å². The SMILES string of the molecule is COc1cc(-c2nc(CN(CCO)C(C)C)c(C)o2)ccc1F. The summed E-state index contributed by atoms with van der Waals surface area (Å²) in [5, 5.41) is 9.16. The number of ether oxygens (including phenoxy) is 1. The molecule has 23 heavy (non-hydrogen) atoms. The average Bonchev–Trinajstić information content (AvgIpc) is 2.88. The quantitative estimate of drug-likeness (QED) is 0.849. The number of halogens is 1. The van der Waals surface area contributed by atoms with Crippen LogP contribution in [-0.4, -0.2) is 41.3 Å². The molecule has 0 saturated carbocycles. The second kappa shape index (κ2) is 7.57. The zero-order valence-corrected chi connectivity index (χ0v) is 14.0. The van der Waals surface area contributed by atoms with Gasteiger partial charge in [-0.15, -0.1) is 0 Å². The fourth-order valence-corrected chi connectivity index (χ4v) is 2.33. The lowest BCUT2D eigenvalue weighted by atomic mass is 10.2. The molecule has 1 N–H and O–H groups in total. The van der Waals surface area contributed by atoms with E-state index in [2.05, 4.69) is 23.7 Å². The number of methoxy groups -OCH3 is 1. The van der Waals surface area contributed by atoms with Crippen LogP contribution < -0.4 is 4.74 Å². The van der Waals surface area contributed by atoms with E-state index in [0.29, 0.717) is 30.3 Å². The molecule has 0 aliphatic carbocycles. The fraction of sp³-hybridized carbons (Fsp3) is 0.471. The number of hydrogen-bond acceptors (Lipinski definition) is 5. The highest BCUT2D eigenvalue weighted by atomic mass is 19.1. The third kappa shape index (κ3) is 4.09. The number of aryl methyl sites for hydroxylation is 1. The highest BCUT2D eigenvalue weighted by Crippen LogP contribution is 2.27. The minimum absolute atomic E-state index is 0.0943. The molecule has 0 bridgehead atoms. The van der Waals surface area contributed by atoms with E-state index in [1.54, 1.807) is 12.1 Å². The number of aliphatic hydroxyl groups is 1. The normalized spacial score (nSPS) is 11.5. The summed E-state index contributed by atoms with van der Waals surface area (Å²) in [4.78, 5) is 6.63. The Morgan fingerprint density at radius 3 is 2.74 bits per heavy atom. The van der Waals surface area contributed by atoms with Crippen LogP contribution in [0.1, 0.15) is 25.3 Å². The van der Waals surface area contributed by atoms with E-state index in [1.807, 2.05) is 6.92 Å². The Kier molecular flexibility index (Phi) is 5.74. The molecule has 2 aromatic rings. The predicted molar refractivity (Wildman–Crippen MR) is 85.8 cm³/mol. The number of rotatable bonds is 7. The molecule has 2 rings (SSSR count). The van der Waals surface area contributed by atoms with Crippen LogP contribution in [0.3, 0.4) is 0 Å². The van der Waals surface area contributed by atoms with E-state index in [4.69, 9.17) is 14.3 Å². The Bertz CT molecular complexity index is 655. The zero-order chi connectivity index (χ0) is 17.0. The summed E-state index contributed by atoms with van der Waals surface area (Å²) in [6.07, 6.45) is 0. The molecule has 0 saturated heterocycles. The highest BCUT2D eigenvalue weighted by Gasteiger charge is 2.17. The largest absolute Gasteiger partial charge is 0.494 e. The van der Waals surface area contributed by atoms with Crippen LogP contribution in [0.5, 0.6) is 5.75 Å². The van der Waals surface area contributed by atoms with Crippen LogP contribution in [0.2, 0.25) is 0 Å². The molecule has 0 unspecified atom stereocenters. The Hall–Kier alpha value is -1.92. The molecule has 0 atom stereocenters.